The summed E-state index contributed by atoms with van der Waals surface area (Å²) < 4.78 is 17.8. The molecule has 1 aromatic heterocycles. The zero-order valence-electron chi connectivity index (χ0n) is 13.8. The van der Waals surface area contributed by atoms with Crippen LogP contribution < -0.4 is 9.47 Å². The lowest BCUT2D eigenvalue weighted by molar-refractivity contribution is 0.0647. The number of methoxy groups -OCH3 is 2. The number of aliphatic hydroxyl groups is 1. The lowest BCUT2D eigenvalue weighted by Crippen LogP contribution is -2.37. The van der Waals surface area contributed by atoms with Crippen LogP contribution in [0.15, 0.2) is 22.6 Å². The summed E-state index contributed by atoms with van der Waals surface area (Å²) in [5.74, 6) is 1.74. The molecule has 1 N–H and O–H groups in total. The standard InChI is InChI=1S/C16H21N3O4S/c1-21-13-7-11(8-14(9-13)22-2)15-17-19(16(24)23-15)10-18-5-3-12(20)4-6-18/h7-9,12,20H,3-6,10H2,1-2H3. The highest BCUT2D eigenvalue weighted by molar-refractivity contribution is 7.71. The number of likely N-dealkylation sites (tertiary alicyclic amines) is 1. The molecule has 0 saturated carbocycles. The Hall–Kier alpha value is -1.90. The molecule has 0 spiro atoms. The van der Waals surface area contributed by atoms with Crippen molar-refractivity contribution in [1.29, 1.82) is 0 Å². The predicted molar refractivity (Wildman–Crippen MR) is 90.7 cm³/mol. The van der Waals surface area contributed by atoms with Crippen LogP contribution in [0, 0.1) is 4.84 Å². The van der Waals surface area contributed by atoms with E-state index in [4.69, 9.17) is 26.1 Å². The molecule has 2 aromatic rings. The number of aromatic nitrogens is 2. The molecule has 2 heterocycles. The van der Waals surface area contributed by atoms with Gasteiger partial charge in [0.25, 0.3) is 4.84 Å². The average Bonchev–Trinajstić information content (AvgIpc) is 2.97. The van der Waals surface area contributed by atoms with E-state index in [-0.39, 0.29) is 6.10 Å². The molecule has 0 bridgehead atoms. The maximum absolute atomic E-state index is 9.59. The summed E-state index contributed by atoms with van der Waals surface area (Å²) >= 11 is 5.28. The molecule has 1 aromatic carbocycles. The fourth-order valence-electron chi connectivity index (χ4n) is 2.69. The van der Waals surface area contributed by atoms with E-state index < -0.39 is 0 Å². The van der Waals surface area contributed by atoms with Crippen molar-refractivity contribution in [3.8, 4) is 23.0 Å². The van der Waals surface area contributed by atoms with E-state index in [0.29, 0.717) is 28.9 Å². The summed E-state index contributed by atoms with van der Waals surface area (Å²) in [6, 6.07) is 5.43. The lowest BCUT2D eigenvalue weighted by Gasteiger charge is -2.28. The first-order valence-electron chi connectivity index (χ1n) is 7.81. The Kier molecular flexibility index (Phi) is 5.17. The highest BCUT2D eigenvalue weighted by Gasteiger charge is 2.19. The van der Waals surface area contributed by atoms with Gasteiger partial charge in [-0.05, 0) is 37.2 Å². The number of hydrogen-bond donors (Lipinski definition) is 1. The Morgan fingerprint density at radius 2 is 1.83 bits per heavy atom. The fraction of sp³-hybridized carbons (Fsp3) is 0.500. The second-order valence-corrected chi connectivity index (χ2v) is 6.11. The summed E-state index contributed by atoms with van der Waals surface area (Å²) in [6.07, 6.45) is 1.34. The van der Waals surface area contributed by atoms with Crippen molar-refractivity contribution in [1.82, 2.24) is 14.7 Å². The van der Waals surface area contributed by atoms with Crippen molar-refractivity contribution in [3.63, 3.8) is 0 Å². The van der Waals surface area contributed by atoms with Crippen LogP contribution in [0.25, 0.3) is 11.5 Å². The molecule has 0 radical (unpaired) electrons. The van der Waals surface area contributed by atoms with Gasteiger partial charge in [-0.3, -0.25) is 4.90 Å². The summed E-state index contributed by atoms with van der Waals surface area (Å²) in [5.41, 5.74) is 0.741. The fourth-order valence-corrected chi connectivity index (χ4v) is 2.87. The lowest BCUT2D eigenvalue weighted by atomic mass is 10.1. The van der Waals surface area contributed by atoms with Gasteiger partial charge in [-0.1, -0.05) is 0 Å². The van der Waals surface area contributed by atoms with Crippen molar-refractivity contribution in [2.24, 2.45) is 0 Å². The molecule has 0 aliphatic carbocycles. The topological polar surface area (TPSA) is 72.9 Å². The van der Waals surface area contributed by atoms with Crippen molar-refractivity contribution in [2.45, 2.75) is 25.6 Å². The van der Waals surface area contributed by atoms with Gasteiger partial charge in [0, 0.05) is 24.7 Å². The molecule has 1 aliphatic rings. The molecule has 3 rings (SSSR count). The maximum atomic E-state index is 9.59. The van der Waals surface area contributed by atoms with E-state index in [1.165, 1.54) is 0 Å². The van der Waals surface area contributed by atoms with Crippen LogP contribution in [0.2, 0.25) is 0 Å². The summed E-state index contributed by atoms with van der Waals surface area (Å²) in [5, 5.41) is 14.1. The largest absolute Gasteiger partial charge is 0.497 e. The van der Waals surface area contributed by atoms with Gasteiger partial charge in [0.15, 0.2) is 0 Å². The quantitative estimate of drug-likeness (QED) is 0.829. The number of aliphatic hydroxyl groups excluding tert-OH is 1. The van der Waals surface area contributed by atoms with Crippen LogP contribution in [0.4, 0.5) is 0 Å². The van der Waals surface area contributed by atoms with Gasteiger partial charge in [-0.2, -0.15) is 0 Å². The Morgan fingerprint density at radius 3 is 2.42 bits per heavy atom. The molecule has 0 atom stereocenters. The first-order valence-corrected chi connectivity index (χ1v) is 8.21. The van der Waals surface area contributed by atoms with Crippen LogP contribution in [0.1, 0.15) is 12.8 Å². The van der Waals surface area contributed by atoms with Crippen molar-refractivity contribution >= 4 is 12.2 Å². The maximum Gasteiger partial charge on any atom is 0.288 e. The van der Waals surface area contributed by atoms with E-state index >= 15 is 0 Å². The predicted octanol–water partition coefficient (Wildman–Crippen LogP) is 2.30. The first-order chi connectivity index (χ1) is 11.6. The summed E-state index contributed by atoms with van der Waals surface area (Å²) in [7, 11) is 3.19. The number of rotatable bonds is 5. The highest BCUT2D eigenvalue weighted by Crippen LogP contribution is 2.29. The Balaban J connectivity index is 1.82. The third-order valence-electron chi connectivity index (χ3n) is 4.10. The van der Waals surface area contributed by atoms with Gasteiger partial charge in [0.05, 0.1) is 27.0 Å². The second kappa shape index (κ2) is 7.33. The van der Waals surface area contributed by atoms with E-state index in [9.17, 15) is 5.11 Å². The molecule has 7 nitrogen and oxygen atoms in total. The monoisotopic (exact) mass is 351 g/mol. The highest BCUT2D eigenvalue weighted by atomic mass is 32.1. The van der Waals surface area contributed by atoms with Crippen LogP contribution in [0.3, 0.4) is 0 Å². The zero-order valence-corrected chi connectivity index (χ0v) is 14.6. The third-order valence-corrected chi connectivity index (χ3v) is 4.39. The number of piperidine rings is 1. The molecule has 8 heteroatoms. The second-order valence-electron chi connectivity index (χ2n) is 5.76. The van der Waals surface area contributed by atoms with E-state index in [2.05, 4.69) is 10.00 Å². The van der Waals surface area contributed by atoms with Crippen LogP contribution in [-0.4, -0.2) is 53.2 Å². The van der Waals surface area contributed by atoms with Gasteiger partial charge in [0.1, 0.15) is 11.5 Å². The van der Waals surface area contributed by atoms with Crippen LogP contribution >= 0.6 is 12.2 Å². The molecule has 1 saturated heterocycles. The smallest absolute Gasteiger partial charge is 0.288 e. The molecular weight excluding hydrogens is 330 g/mol. The molecule has 130 valence electrons. The molecular formula is C16H21N3O4S. The van der Waals surface area contributed by atoms with E-state index in [1.807, 2.05) is 12.1 Å². The zero-order chi connectivity index (χ0) is 17.1. The number of hydrogen-bond acceptors (Lipinski definition) is 7. The molecule has 24 heavy (non-hydrogen) atoms. The minimum absolute atomic E-state index is 0.202. The molecule has 1 aliphatic heterocycles. The van der Waals surface area contributed by atoms with Crippen LogP contribution in [0.5, 0.6) is 11.5 Å². The first kappa shape index (κ1) is 16.9. The SMILES string of the molecule is COc1cc(OC)cc(-c2nn(CN3CCC(O)CC3)c(=S)o2)c1. The molecule has 0 unspecified atom stereocenters. The van der Waals surface area contributed by atoms with Gasteiger partial charge < -0.3 is 19.0 Å². The number of ether oxygens (including phenoxy) is 2. The van der Waals surface area contributed by atoms with Crippen LogP contribution in [-0.2, 0) is 6.67 Å². The van der Waals surface area contributed by atoms with Gasteiger partial charge in [0.2, 0.25) is 5.89 Å². The summed E-state index contributed by atoms with van der Waals surface area (Å²) in [4.78, 5) is 2.51. The Labute approximate surface area is 145 Å². The molecule has 1 fully saturated rings. The van der Waals surface area contributed by atoms with E-state index in [0.717, 1.165) is 31.5 Å². The number of benzene rings is 1. The van der Waals surface area contributed by atoms with E-state index in [1.54, 1.807) is 25.0 Å². The minimum atomic E-state index is -0.202. The Morgan fingerprint density at radius 1 is 1.21 bits per heavy atom. The Bertz CT molecular complexity index is 728. The van der Waals surface area contributed by atoms with Crippen molar-refractivity contribution < 1.29 is 19.0 Å². The normalized spacial score (nSPS) is 16.3. The summed E-state index contributed by atoms with van der Waals surface area (Å²) in [6.45, 7) is 2.19. The molecule has 0 amide bonds. The van der Waals surface area contributed by atoms with Crippen molar-refractivity contribution in [2.75, 3.05) is 27.3 Å². The average molecular weight is 351 g/mol. The van der Waals surface area contributed by atoms with Crippen molar-refractivity contribution in [3.05, 3.63) is 23.0 Å². The third kappa shape index (κ3) is 3.77. The van der Waals surface area contributed by atoms with Gasteiger partial charge in [-0.25, -0.2) is 4.68 Å². The number of nitrogens with zero attached hydrogens (tertiary/aromatic N) is 3. The van der Waals surface area contributed by atoms with Gasteiger partial charge >= 0.3 is 0 Å². The van der Waals surface area contributed by atoms with Gasteiger partial charge in [-0.15, -0.1) is 5.10 Å². The minimum Gasteiger partial charge on any atom is -0.497 e.